The van der Waals surface area contributed by atoms with Crippen molar-refractivity contribution in [1.82, 2.24) is 4.98 Å². The largest absolute Gasteiger partial charge is 0.489 e. The van der Waals surface area contributed by atoms with E-state index in [-0.39, 0.29) is 8.41 Å². The first-order chi connectivity index (χ1) is 12.1. The summed E-state index contributed by atoms with van der Waals surface area (Å²) in [5, 5.41) is 28.6. The van der Waals surface area contributed by atoms with Crippen LogP contribution in [0.2, 0.25) is 0 Å². The van der Waals surface area contributed by atoms with Crippen molar-refractivity contribution in [2.45, 2.75) is 0 Å². The maximum atomic E-state index is 9.73. The predicted octanol–water partition coefficient (Wildman–Crippen LogP) is -0.560. The summed E-state index contributed by atoms with van der Waals surface area (Å²) in [7, 11) is -1.44. The van der Waals surface area contributed by atoms with E-state index in [2.05, 4.69) is 46.4 Å². The number of pyridine rings is 1. The van der Waals surface area contributed by atoms with Gasteiger partial charge in [-0.3, -0.25) is 15.1 Å². The van der Waals surface area contributed by atoms with E-state index in [1.54, 1.807) is 12.3 Å². The Balaban J connectivity index is 0.000000466. The van der Waals surface area contributed by atoms with Gasteiger partial charge in [0.05, 0.1) is 5.52 Å². The number of aromatic nitrogens is 1. The molecule has 3 radical (unpaired) electrons. The Bertz CT molecular complexity index is 976. The number of terminal acetylenes is 1. The third kappa shape index (κ3) is 8.25. The number of para-hydroxylation sites is 1. The molecule has 2 aromatic rings. The van der Waals surface area contributed by atoms with Gasteiger partial charge in [-0.15, -0.1) is 6.42 Å². The SMILES string of the molecule is C#CC#CC#CC#CC[N+](=O)[O-].OB(O)c1ccnc2ccccc12.[B]. The third-order valence-electron chi connectivity index (χ3n) is 2.58. The molecule has 0 aliphatic heterocycles. The van der Waals surface area contributed by atoms with E-state index in [4.69, 9.17) is 16.5 Å². The van der Waals surface area contributed by atoms with Crippen LogP contribution in [0.5, 0.6) is 0 Å². The summed E-state index contributed by atoms with van der Waals surface area (Å²) >= 11 is 0. The van der Waals surface area contributed by atoms with Gasteiger partial charge in [0.2, 0.25) is 0 Å². The lowest BCUT2D eigenvalue weighted by molar-refractivity contribution is -0.466. The van der Waals surface area contributed by atoms with Crippen LogP contribution >= 0.6 is 0 Å². The molecule has 0 amide bonds. The molecule has 0 unspecified atom stereocenters. The third-order valence-corrected chi connectivity index (χ3v) is 2.58. The van der Waals surface area contributed by atoms with E-state index in [0.717, 1.165) is 10.9 Å². The molecule has 0 atom stereocenters. The maximum absolute atomic E-state index is 9.73. The number of benzene rings is 1. The highest BCUT2D eigenvalue weighted by Crippen LogP contribution is 2.07. The number of rotatable bonds is 2. The van der Waals surface area contributed by atoms with Gasteiger partial charge in [-0.05, 0) is 64.4 Å². The minimum Gasteiger partial charge on any atom is -0.423 e. The molecule has 0 aliphatic carbocycles. The molecule has 0 bridgehead atoms. The van der Waals surface area contributed by atoms with Crippen LogP contribution in [0.4, 0.5) is 0 Å². The number of hydrogen-bond donors (Lipinski definition) is 2. The Labute approximate surface area is 153 Å². The lowest BCUT2D eigenvalue weighted by atomic mass is 9.78. The van der Waals surface area contributed by atoms with Gasteiger partial charge in [-0.2, -0.15) is 0 Å². The zero-order valence-corrected chi connectivity index (χ0v) is 13.5. The van der Waals surface area contributed by atoms with E-state index >= 15 is 0 Å². The first-order valence-electron chi connectivity index (χ1n) is 6.81. The number of hydrogen-bond acceptors (Lipinski definition) is 5. The normalized spacial score (nSPS) is 7.58. The molecule has 2 N–H and O–H groups in total. The topological polar surface area (TPSA) is 96.5 Å². The molecule has 0 spiro atoms. The fourth-order valence-electron chi connectivity index (χ4n) is 1.62. The minimum absolute atomic E-state index is 0. The zero-order valence-electron chi connectivity index (χ0n) is 13.5. The second-order valence-corrected chi connectivity index (χ2v) is 4.23. The zero-order chi connectivity index (χ0) is 18.5. The van der Waals surface area contributed by atoms with E-state index < -0.39 is 18.6 Å². The van der Waals surface area contributed by atoms with Gasteiger partial charge in [0.25, 0.3) is 6.54 Å². The van der Waals surface area contributed by atoms with Gasteiger partial charge in [0, 0.05) is 19.5 Å². The van der Waals surface area contributed by atoms with Crippen molar-refractivity contribution in [3.8, 4) is 47.9 Å². The molecule has 26 heavy (non-hydrogen) atoms. The van der Waals surface area contributed by atoms with E-state index in [9.17, 15) is 10.1 Å². The van der Waals surface area contributed by atoms with E-state index in [0.29, 0.717) is 5.46 Å². The molecule has 6 nitrogen and oxygen atoms in total. The van der Waals surface area contributed by atoms with Crippen LogP contribution < -0.4 is 5.46 Å². The molecular weight excluding hydrogens is 330 g/mol. The summed E-state index contributed by atoms with van der Waals surface area (Å²) in [5.41, 5.74) is 1.26. The smallest absolute Gasteiger partial charge is 0.423 e. The summed E-state index contributed by atoms with van der Waals surface area (Å²) in [4.78, 5) is 13.3. The number of nitrogens with zero attached hydrogens (tertiary/aromatic N) is 2. The van der Waals surface area contributed by atoms with Crippen LogP contribution in [0.3, 0.4) is 0 Å². The average Bonchev–Trinajstić information content (AvgIpc) is 2.60. The molecule has 0 saturated carbocycles. The van der Waals surface area contributed by atoms with Crippen molar-refractivity contribution in [1.29, 1.82) is 0 Å². The molecule has 123 valence electrons. The average molecular weight is 341 g/mol. The Morgan fingerprint density at radius 2 is 1.77 bits per heavy atom. The molecule has 2 rings (SSSR count). The molecule has 0 aliphatic rings. The molecule has 0 saturated heterocycles. The lowest BCUT2D eigenvalue weighted by Crippen LogP contribution is -2.30. The van der Waals surface area contributed by atoms with Crippen molar-refractivity contribution >= 4 is 31.9 Å². The standard InChI is InChI=1S/C9H8BNO2.C9H3NO2.B/c12-10(13)8-5-6-11-9-4-2-1-3-7(8)9;1-2-3-4-5-6-7-8-9-10(11)12;/h1-6,12-13H;1H,9H2;. The second-order valence-electron chi connectivity index (χ2n) is 4.23. The summed E-state index contributed by atoms with van der Waals surface area (Å²) in [6.07, 6.45) is 6.36. The fourth-order valence-corrected chi connectivity index (χ4v) is 1.62. The van der Waals surface area contributed by atoms with Crippen LogP contribution in [0.15, 0.2) is 36.5 Å². The van der Waals surface area contributed by atoms with Gasteiger partial charge < -0.3 is 10.0 Å². The van der Waals surface area contributed by atoms with Crippen molar-refractivity contribution in [3.05, 3.63) is 46.6 Å². The quantitative estimate of drug-likeness (QED) is 0.330. The van der Waals surface area contributed by atoms with E-state index in [1.807, 2.05) is 24.3 Å². The van der Waals surface area contributed by atoms with Crippen molar-refractivity contribution in [3.63, 3.8) is 0 Å². The Hall–Kier alpha value is -3.68. The van der Waals surface area contributed by atoms with Crippen molar-refractivity contribution < 1.29 is 15.0 Å². The maximum Gasteiger partial charge on any atom is 0.489 e. The van der Waals surface area contributed by atoms with Gasteiger partial charge in [0.15, 0.2) is 0 Å². The summed E-state index contributed by atoms with van der Waals surface area (Å²) in [6, 6.07) is 8.96. The van der Waals surface area contributed by atoms with Gasteiger partial charge in [-0.1, -0.05) is 18.2 Å². The molecule has 0 fully saturated rings. The summed E-state index contributed by atoms with van der Waals surface area (Å²) in [6.45, 7) is -0.406. The highest BCUT2D eigenvalue weighted by molar-refractivity contribution is 6.61. The first kappa shape index (κ1) is 22.3. The van der Waals surface area contributed by atoms with Crippen LogP contribution in [-0.2, 0) is 0 Å². The highest BCUT2D eigenvalue weighted by Gasteiger charge is 2.13. The van der Waals surface area contributed by atoms with Crippen LogP contribution in [0, 0.1) is 58.0 Å². The number of fused-ring (bicyclic) bond motifs is 1. The van der Waals surface area contributed by atoms with Gasteiger partial charge >= 0.3 is 7.12 Å². The molecule has 8 heteroatoms. The van der Waals surface area contributed by atoms with Gasteiger partial charge in [0.1, 0.15) is 0 Å². The van der Waals surface area contributed by atoms with Crippen LogP contribution in [0.25, 0.3) is 10.9 Å². The molecule has 1 aromatic carbocycles. The predicted molar refractivity (Wildman–Crippen MR) is 101 cm³/mol. The minimum atomic E-state index is -1.44. The highest BCUT2D eigenvalue weighted by atomic mass is 16.6. The van der Waals surface area contributed by atoms with Gasteiger partial charge in [-0.25, -0.2) is 0 Å². The van der Waals surface area contributed by atoms with Crippen LogP contribution in [0.1, 0.15) is 0 Å². The van der Waals surface area contributed by atoms with Crippen molar-refractivity contribution in [2.75, 3.05) is 6.54 Å². The lowest BCUT2D eigenvalue weighted by Gasteiger charge is -2.03. The summed E-state index contributed by atoms with van der Waals surface area (Å²) in [5.74, 6) is 15.7. The van der Waals surface area contributed by atoms with Crippen LogP contribution in [-0.4, -0.2) is 42.0 Å². The fraction of sp³-hybridized carbons (Fsp3) is 0.0556. The first-order valence-corrected chi connectivity index (χ1v) is 6.81. The second kappa shape index (κ2) is 12.7. The van der Waals surface area contributed by atoms with Crippen molar-refractivity contribution in [2.24, 2.45) is 0 Å². The van der Waals surface area contributed by atoms with E-state index in [1.165, 1.54) is 0 Å². The summed E-state index contributed by atoms with van der Waals surface area (Å²) < 4.78 is 0. The molecule has 1 aromatic heterocycles. The monoisotopic (exact) mass is 341 g/mol. The molecule has 1 heterocycles. The Kier molecular flexibility index (Phi) is 10.9. The Morgan fingerprint density at radius 1 is 1.12 bits per heavy atom. The molecular formula is C18H11B2N2O4. The Morgan fingerprint density at radius 3 is 2.42 bits per heavy atom. The number of nitro groups is 1.